The molecule has 0 aliphatic heterocycles. The van der Waals surface area contributed by atoms with Crippen LogP contribution in [0.4, 0.5) is 0 Å². The third-order valence-corrected chi connectivity index (χ3v) is 2.73. The average molecular weight is 239 g/mol. The lowest BCUT2D eigenvalue weighted by Gasteiger charge is -2.02. The number of nitrogens with one attached hydrogen (secondary N) is 1. The van der Waals surface area contributed by atoms with Gasteiger partial charge in [0.25, 0.3) is 5.91 Å². The van der Waals surface area contributed by atoms with Gasteiger partial charge in [0.1, 0.15) is 0 Å². The molecule has 1 aliphatic carbocycles. The largest absolute Gasteiger partial charge is 0.380 e. The predicted molar refractivity (Wildman–Crippen MR) is 59.8 cm³/mol. The van der Waals surface area contributed by atoms with Gasteiger partial charge in [-0.1, -0.05) is 18.1 Å². The van der Waals surface area contributed by atoms with E-state index in [0.29, 0.717) is 13.2 Å². The van der Waals surface area contributed by atoms with Gasteiger partial charge in [-0.3, -0.25) is 10.2 Å². The Labute approximate surface area is 99.3 Å². The van der Waals surface area contributed by atoms with Gasteiger partial charge < -0.3 is 4.74 Å². The number of hydrogen-bond acceptors (Lipinski definition) is 5. The molecule has 0 atom stereocenters. The van der Waals surface area contributed by atoms with E-state index in [4.69, 9.17) is 10.6 Å². The van der Waals surface area contributed by atoms with Crippen LogP contribution < -0.4 is 11.3 Å². The van der Waals surface area contributed by atoms with Crippen LogP contribution >= 0.6 is 0 Å². The van der Waals surface area contributed by atoms with Crippen molar-refractivity contribution in [1.29, 1.82) is 0 Å². The Morgan fingerprint density at radius 1 is 1.59 bits per heavy atom. The SMILES string of the molecule is NNC(=O)c1cn(CCOCCC2CC2)nn1. The summed E-state index contributed by atoms with van der Waals surface area (Å²) in [4.78, 5) is 11.1. The van der Waals surface area contributed by atoms with E-state index < -0.39 is 5.91 Å². The number of nitrogen functional groups attached to an aromatic ring is 1. The van der Waals surface area contributed by atoms with Crippen LogP contribution in [0, 0.1) is 5.92 Å². The zero-order chi connectivity index (χ0) is 12.1. The molecule has 0 unspecified atom stereocenters. The molecular weight excluding hydrogens is 222 g/mol. The number of amides is 1. The van der Waals surface area contributed by atoms with Gasteiger partial charge in [-0.15, -0.1) is 5.10 Å². The van der Waals surface area contributed by atoms with E-state index in [2.05, 4.69) is 10.3 Å². The molecule has 7 nitrogen and oxygen atoms in total. The Hall–Kier alpha value is -1.47. The van der Waals surface area contributed by atoms with E-state index in [1.165, 1.54) is 12.8 Å². The number of hydrogen-bond donors (Lipinski definition) is 2. The standard InChI is InChI=1S/C10H17N5O2/c11-12-10(16)9-7-15(14-13-9)4-6-17-5-3-8-1-2-8/h7-8H,1-6,11H2,(H,12,16). The number of carbonyl (C=O) groups is 1. The zero-order valence-corrected chi connectivity index (χ0v) is 9.63. The molecule has 1 saturated carbocycles. The third-order valence-electron chi connectivity index (χ3n) is 2.73. The van der Waals surface area contributed by atoms with Crippen LogP contribution in [0.5, 0.6) is 0 Å². The Balaban J connectivity index is 1.64. The quantitative estimate of drug-likeness (QED) is 0.295. The van der Waals surface area contributed by atoms with Crippen LogP contribution in [0.2, 0.25) is 0 Å². The van der Waals surface area contributed by atoms with Crippen molar-refractivity contribution >= 4 is 5.91 Å². The van der Waals surface area contributed by atoms with Gasteiger partial charge in [0, 0.05) is 6.61 Å². The summed E-state index contributed by atoms with van der Waals surface area (Å²) in [5.74, 6) is 5.44. The molecule has 0 saturated heterocycles. The maximum absolute atomic E-state index is 11.1. The molecule has 17 heavy (non-hydrogen) atoms. The lowest BCUT2D eigenvalue weighted by Crippen LogP contribution is -2.30. The third kappa shape index (κ3) is 3.79. The summed E-state index contributed by atoms with van der Waals surface area (Å²) in [7, 11) is 0. The minimum atomic E-state index is -0.439. The van der Waals surface area contributed by atoms with E-state index in [1.54, 1.807) is 10.9 Å². The molecular formula is C10H17N5O2. The highest BCUT2D eigenvalue weighted by molar-refractivity contribution is 5.91. The summed E-state index contributed by atoms with van der Waals surface area (Å²) in [6, 6.07) is 0. The van der Waals surface area contributed by atoms with Crippen molar-refractivity contribution in [3.63, 3.8) is 0 Å². The number of nitrogens with two attached hydrogens (primary N) is 1. The predicted octanol–water partition coefficient (Wildman–Crippen LogP) is -0.302. The molecule has 94 valence electrons. The van der Waals surface area contributed by atoms with Crippen molar-refractivity contribution in [2.45, 2.75) is 25.8 Å². The topological polar surface area (TPSA) is 95.1 Å². The molecule has 0 aromatic carbocycles. The molecule has 0 bridgehead atoms. The van der Waals surface area contributed by atoms with E-state index in [9.17, 15) is 4.79 Å². The van der Waals surface area contributed by atoms with Crippen molar-refractivity contribution in [2.75, 3.05) is 13.2 Å². The molecule has 0 spiro atoms. The summed E-state index contributed by atoms with van der Waals surface area (Å²) in [6.45, 7) is 1.98. The zero-order valence-electron chi connectivity index (χ0n) is 9.63. The van der Waals surface area contributed by atoms with Crippen molar-refractivity contribution in [1.82, 2.24) is 20.4 Å². The smallest absolute Gasteiger partial charge is 0.287 e. The fourth-order valence-electron chi connectivity index (χ4n) is 1.50. The minimum absolute atomic E-state index is 0.213. The Bertz CT molecular complexity index is 375. The molecule has 7 heteroatoms. The summed E-state index contributed by atoms with van der Waals surface area (Å²) < 4.78 is 7.04. The van der Waals surface area contributed by atoms with Gasteiger partial charge in [0.05, 0.1) is 19.3 Å². The number of hydrazine groups is 1. The van der Waals surface area contributed by atoms with Crippen LogP contribution in [0.1, 0.15) is 29.8 Å². The molecule has 1 heterocycles. The van der Waals surface area contributed by atoms with Gasteiger partial charge in [-0.25, -0.2) is 10.5 Å². The first-order chi connectivity index (χ1) is 8.29. The van der Waals surface area contributed by atoms with Crippen molar-refractivity contribution < 1.29 is 9.53 Å². The van der Waals surface area contributed by atoms with Crippen LogP contribution in [0.3, 0.4) is 0 Å². The van der Waals surface area contributed by atoms with Gasteiger partial charge in [0.2, 0.25) is 0 Å². The van der Waals surface area contributed by atoms with Crippen LogP contribution in [-0.4, -0.2) is 34.1 Å². The molecule has 3 N–H and O–H groups in total. The maximum Gasteiger partial charge on any atom is 0.287 e. The number of carbonyl (C=O) groups excluding carboxylic acids is 1. The summed E-state index contributed by atoms with van der Waals surface area (Å²) in [5, 5.41) is 7.49. The van der Waals surface area contributed by atoms with Crippen LogP contribution in [0.25, 0.3) is 0 Å². The summed E-state index contributed by atoms with van der Waals surface area (Å²) in [6.07, 6.45) is 5.40. The normalized spacial score (nSPS) is 14.9. The van der Waals surface area contributed by atoms with Gasteiger partial charge in [-0.05, 0) is 12.3 Å². The first kappa shape index (κ1) is 12.0. The van der Waals surface area contributed by atoms with E-state index in [0.717, 1.165) is 18.9 Å². The number of ether oxygens (including phenoxy) is 1. The lowest BCUT2D eigenvalue weighted by atomic mass is 10.3. The summed E-state index contributed by atoms with van der Waals surface area (Å²) >= 11 is 0. The van der Waals surface area contributed by atoms with Gasteiger partial charge in [-0.2, -0.15) is 0 Å². The second-order valence-corrected chi connectivity index (χ2v) is 4.18. The first-order valence-electron chi connectivity index (χ1n) is 5.78. The lowest BCUT2D eigenvalue weighted by molar-refractivity contribution is 0.0948. The highest BCUT2D eigenvalue weighted by Gasteiger charge is 2.20. The first-order valence-corrected chi connectivity index (χ1v) is 5.78. The molecule has 2 rings (SSSR count). The fraction of sp³-hybridized carbons (Fsp3) is 0.700. The molecule has 1 fully saturated rings. The van der Waals surface area contributed by atoms with Crippen molar-refractivity contribution in [2.24, 2.45) is 11.8 Å². The second kappa shape index (κ2) is 5.74. The minimum Gasteiger partial charge on any atom is -0.380 e. The molecule has 0 radical (unpaired) electrons. The molecule has 1 aromatic heterocycles. The highest BCUT2D eigenvalue weighted by Crippen LogP contribution is 2.31. The van der Waals surface area contributed by atoms with Gasteiger partial charge in [0.15, 0.2) is 5.69 Å². The van der Waals surface area contributed by atoms with E-state index >= 15 is 0 Å². The Morgan fingerprint density at radius 2 is 2.41 bits per heavy atom. The summed E-state index contributed by atoms with van der Waals surface area (Å²) in [5.41, 5.74) is 2.22. The monoisotopic (exact) mass is 239 g/mol. The highest BCUT2D eigenvalue weighted by atomic mass is 16.5. The van der Waals surface area contributed by atoms with Crippen LogP contribution in [-0.2, 0) is 11.3 Å². The average Bonchev–Trinajstić information content (AvgIpc) is 3.05. The van der Waals surface area contributed by atoms with E-state index in [1.807, 2.05) is 5.43 Å². The van der Waals surface area contributed by atoms with E-state index in [-0.39, 0.29) is 5.69 Å². The van der Waals surface area contributed by atoms with Crippen molar-refractivity contribution in [3.8, 4) is 0 Å². The van der Waals surface area contributed by atoms with Crippen molar-refractivity contribution in [3.05, 3.63) is 11.9 Å². The number of aromatic nitrogens is 3. The Morgan fingerprint density at radius 3 is 3.12 bits per heavy atom. The second-order valence-electron chi connectivity index (χ2n) is 4.18. The van der Waals surface area contributed by atoms with Crippen LogP contribution in [0.15, 0.2) is 6.20 Å². The molecule has 1 aliphatic rings. The molecule has 1 amide bonds. The Kier molecular flexibility index (Phi) is 4.05. The fourth-order valence-corrected chi connectivity index (χ4v) is 1.50. The molecule has 1 aromatic rings. The van der Waals surface area contributed by atoms with Gasteiger partial charge >= 0.3 is 0 Å². The maximum atomic E-state index is 11.1. The number of rotatable bonds is 7. The number of nitrogens with zero attached hydrogens (tertiary/aromatic N) is 3.